The van der Waals surface area contributed by atoms with Crippen LogP contribution in [0.1, 0.15) is 11.3 Å². The molecule has 5 aromatic rings. The predicted molar refractivity (Wildman–Crippen MR) is 124 cm³/mol. The first-order chi connectivity index (χ1) is 16.3. The molecule has 0 aliphatic rings. The van der Waals surface area contributed by atoms with Gasteiger partial charge >= 0.3 is 6.18 Å². The molecule has 34 heavy (non-hydrogen) atoms. The molecular weight excluding hydrogens is 443 g/mol. The van der Waals surface area contributed by atoms with E-state index in [9.17, 15) is 18.0 Å². The molecule has 2 N–H and O–H groups in total. The van der Waals surface area contributed by atoms with E-state index in [1.54, 1.807) is 35.1 Å². The minimum Gasteiger partial charge on any atom is -0.384 e. The van der Waals surface area contributed by atoms with Crippen LogP contribution in [0, 0.1) is 0 Å². The second-order valence-electron chi connectivity index (χ2n) is 7.76. The van der Waals surface area contributed by atoms with Gasteiger partial charge in [0, 0.05) is 23.2 Å². The number of benzene rings is 2. The number of hydrogen-bond acceptors (Lipinski definition) is 4. The van der Waals surface area contributed by atoms with Crippen LogP contribution in [0.25, 0.3) is 27.8 Å². The Hall–Kier alpha value is -4.40. The first-order valence-electron chi connectivity index (χ1n) is 10.4. The Morgan fingerprint density at radius 3 is 2.38 bits per heavy atom. The van der Waals surface area contributed by atoms with Gasteiger partial charge in [0.25, 0.3) is 5.56 Å². The van der Waals surface area contributed by atoms with Gasteiger partial charge in [-0.1, -0.05) is 24.3 Å². The quantitative estimate of drug-likeness (QED) is 0.413. The largest absolute Gasteiger partial charge is 0.416 e. The summed E-state index contributed by atoms with van der Waals surface area (Å²) in [6, 6.07) is 20.7. The molecule has 0 saturated heterocycles. The molecule has 3 aromatic heterocycles. The van der Waals surface area contributed by atoms with Crippen LogP contribution in [-0.4, -0.2) is 19.3 Å². The van der Waals surface area contributed by atoms with Crippen molar-refractivity contribution < 1.29 is 13.2 Å². The van der Waals surface area contributed by atoms with Crippen molar-refractivity contribution in [3.05, 3.63) is 107 Å². The van der Waals surface area contributed by atoms with Crippen LogP contribution >= 0.6 is 0 Å². The van der Waals surface area contributed by atoms with Gasteiger partial charge < -0.3 is 10.3 Å². The molecule has 0 radical (unpaired) electrons. The number of alkyl halides is 3. The molecule has 0 amide bonds. The first-order valence-corrected chi connectivity index (χ1v) is 10.4. The van der Waals surface area contributed by atoms with Gasteiger partial charge in [0.15, 0.2) is 0 Å². The molecular formula is C25H18F3N5O. The molecule has 3 heterocycles. The van der Waals surface area contributed by atoms with Gasteiger partial charge in [0.1, 0.15) is 11.5 Å². The molecule has 0 aliphatic heterocycles. The van der Waals surface area contributed by atoms with Crippen molar-refractivity contribution in [2.24, 2.45) is 0 Å². The van der Waals surface area contributed by atoms with Crippen LogP contribution in [0.3, 0.4) is 0 Å². The van der Waals surface area contributed by atoms with Crippen molar-refractivity contribution in [1.82, 2.24) is 19.3 Å². The fourth-order valence-corrected chi connectivity index (χ4v) is 3.81. The van der Waals surface area contributed by atoms with Gasteiger partial charge in [-0.3, -0.25) is 4.79 Å². The number of nitrogens with two attached hydrogens (primary N) is 1. The molecule has 0 fully saturated rings. The summed E-state index contributed by atoms with van der Waals surface area (Å²) >= 11 is 0. The third kappa shape index (κ3) is 4.03. The summed E-state index contributed by atoms with van der Waals surface area (Å²) in [6.45, 7) is 0.269. The highest BCUT2D eigenvalue weighted by molar-refractivity contribution is 5.94. The van der Waals surface area contributed by atoms with Crippen LogP contribution in [-0.2, 0) is 12.7 Å². The molecule has 0 spiro atoms. The zero-order valence-electron chi connectivity index (χ0n) is 17.7. The zero-order valence-corrected chi connectivity index (χ0v) is 17.7. The molecule has 0 atom stereocenters. The number of anilines is 1. The highest BCUT2D eigenvalue weighted by atomic mass is 19.4. The Morgan fingerprint density at radius 2 is 1.68 bits per heavy atom. The lowest BCUT2D eigenvalue weighted by atomic mass is 10.1. The van der Waals surface area contributed by atoms with Gasteiger partial charge in [-0.05, 0) is 48.5 Å². The second-order valence-corrected chi connectivity index (χ2v) is 7.76. The standard InChI is InChI=1S/C25H18F3N5O/c26-25(27,28)17-8-10-19(11-9-17)33-21-6-2-1-5-20(21)24(31-33)16-12-13-32(23(34)14-16)15-18-4-3-7-22(29)30-18/h1-14H,15H2,(H2,29,30). The number of pyridine rings is 2. The fraction of sp³-hybridized carbons (Fsp3) is 0.0800. The van der Waals surface area contributed by atoms with Crippen LogP contribution in [0.4, 0.5) is 19.0 Å². The van der Waals surface area contributed by atoms with E-state index in [1.807, 2.05) is 24.3 Å². The monoisotopic (exact) mass is 461 g/mol. The van der Waals surface area contributed by atoms with Crippen LogP contribution in [0.5, 0.6) is 0 Å². The van der Waals surface area contributed by atoms with E-state index < -0.39 is 11.7 Å². The van der Waals surface area contributed by atoms with Crippen molar-refractivity contribution in [3.8, 4) is 16.9 Å². The topological polar surface area (TPSA) is 78.7 Å². The van der Waals surface area contributed by atoms with E-state index in [-0.39, 0.29) is 12.1 Å². The van der Waals surface area contributed by atoms with E-state index in [1.165, 1.54) is 22.8 Å². The van der Waals surface area contributed by atoms with Crippen molar-refractivity contribution in [3.63, 3.8) is 0 Å². The number of para-hydroxylation sites is 1. The summed E-state index contributed by atoms with van der Waals surface area (Å²) in [7, 11) is 0. The maximum atomic E-state index is 13.0. The maximum absolute atomic E-state index is 13.0. The normalized spacial score (nSPS) is 11.7. The average molecular weight is 461 g/mol. The number of hydrogen-bond donors (Lipinski definition) is 1. The zero-order chi connectivity index (χ0) is 23.9. The Labute approximate surface area is 191 Å². The maximum Gasteiger partial charge on any atom is 0.416 e. The number of halogens is 3. The smallest absolute Gasteiger partial charge is 0.384 e. The lowest BCUT2D eigenvalue weighted by Crippen LogP contribution is -2.19. The molecule has 9 heteroatoms. The average Bonchev–Trinajstić information content (AvgIpc) is 3.20. The summed E-state index contributed by atoms with van der Waals surface area (Å²) in [5.74, 6) is 0.377. The summed E-state index contributed by atoms with van der Waals surface area (Å²) in [4.78, 5) is 17.0. The van der Waals surface area contributed by atoms with Crippen molar-refractivity contribution in [2.45, 2.75) is 12.7 Å². The highest BCUT2D eigenvalue weighted by Gasteiger charge is 2.30. The Morgan fingerprint density at radius 1 is 0.912 bits per heavy atom. The Kier molecular flexibility index (Phi) is 5.16. The number of rotatable bonds is 4. The second kappa shape index (κ2) is 8.18. The minimum absolute atomic E-state index is 0.241. The lowest BCUT2D eigenvalue weighted by molar-refractivity contribution is -0.137. The molecule has 170 valence electrons. The number of nitrogens with zero attached hydrogens (tertiary/aromatic N) is 4. The van der Waals surface area contributed by atoms with E-state index in [0.717, 1.165) is 17.5 Å². The van der Waals surface area contributed by atoms with E-state index in [2.05, 4.69) is 10.1 Å². The molecule has 6 nitrogen and oxygen atoms in total. The summed E-state index contributed by atoms with van der Waals surface area (Å²) < 4.78 is 42.0. The van der Waals surface area contributed by atoms with Gasteiger partial charge in [0.05, 0.1) is 29.0 Å². The van der Waals surface area contributed by atoms with E-state index in [4.69, 9.17) is 5.73 Å². The number of nitrogen functional groups attached to an aromatic ring is 1. The molecule has 0 saturated carbocycles. The van der Waals surface area contributed by atoms with Gasteiger partial charge in [-0.25, -0.2) is 9.67 Å². The third-order valence-corrected chi connectivity index (χ3v) is 5.46. The Bertz CT molecular complexity index is 1550. The third-order valence-electron chi connectivity index (χ3n) is 5.46. The van der Waals surface area contributed by atoms with Crippen molar-refractivity contribution in [1.29, 1.82) is 0 Å². The minimum atomic E-state index is -4.42. The summed E-state index contributed by atoms with van der Waals surface area (Å²) in [6.07, 6.45) is -2.75. The molecule has 2 aromatic carbocycles. The molecule has 0 bridgehead atoms. The van der Waals surface area contributed by atoms with Gasteiger partial charge in [0.2, 0.25) is 0 Å². The molecule has 0 unspecified atom stereocenters. The molecule has 5 rings (SSSR count). The first kappa shape index (κ1) is 21.4. The predicted octanol–water partition coefficient (Wildman–Crippen LogP) is 4.90. The molecule has 0 aliphatic carbocycles. The van der Waals surface area contributed by atoms with E-state index in [0.29, 0.717) is 34.0 Å². The SMILES string of the molecule is Nc1cccc(Cn2ccc(-c3nn(-c4ccc(C(F)(F)F)cc4)c4ccccc34)cc2=O)n1. The van der Waals surface area contributed by atoms with Crippen LogP contribution < -0.4 is 11.3 Å². The van der Waals surface area contributed by atoms with Crippen molar-refractivity contribution >= 4 is 16.7 Å². The fourth-order valence-electron chi connectivity index (χ4n) is 3.81. The number of aromatic nitrogens is 4. The van der Waals surface area contributed by atoms with Gasteiger partial charge in [-0.15, -0.1) is 0 Å². The van der Waals surface area contributed by atoms with Crippen LogP contribution in [0.2, 0.25) is 0 Å². The summed E-state index contributed by atoms with van der Waals surface area (Å²) in [5.41, 5.74) is 7.76. The van der Waals surface area contributed by atoms with Crippen LogP contribution in [0.15, 0.2) is 89.9 Å². The Balaban J connectivity index is 1.55. The van der Waals surface area contributed by atoms with Crippen molar-refractivity contribution in [2.75, 3.05) is 5.73 Å². The van der Waals surface area contributed by atoms with E-state index >= 15 is 0 Å². The summed E-state index contributed by atoms with van der Waals surface area (Å²) in [5, 5.41) is 5.42. The number of fused-ring (bicyclic) bond motifs is 1. The lowest BCUT2D eigenvalue weighted by Gasteiger charge is -2.08. The van der Waals surface area contributed by atoms with Gasteiger partial charge in [-0.2, -0.15) is 18.3 Å². The highest BCUT2D eigenvalue weighted by Crippen LogP contribution is 2.32.